The molecule has 0 saturated carbocycles. The molecule has 4 heteroatoms. The quantitative estimate of drug-likeness (QED) is 0.734. The number of methoxy groups -OCH3 is 1. The van der Waals surface area contributed by atoms with Gasteiger partial charge in [-0.25, -0.2) is 9.18 Å². The molecule has 0 bridgehead atoms. The first-order valence-electron chi connectivity index (χ1n) is 4.14. The van der Waals surface area contributed by atoms with Gasteiger partial charge in [-0.05, 0) is 17.7 Å². The van der Waals surface area contributed by atoms with Crippen LogP contribution in [-0.2, 0) is 16.0 Å². The summed E-state index contributed by atoms with van der Waals surface area (Å²) in [7, 11) is 1.20. The van der Waals surface area contributed by atoms with Crippen LogP contribution in [0.1, 0.15) is 5.56 Å². The van der Waals surface area contributed by atoms with E-state index in [1.807, 2.05) is 0 Å². The topological polar surface area (TPSA) is 46.5 Å². The average molecular weight is 198 g/mol. The monoisotopic (exact) mass is 198 g/mol. The summed E-state index contributed by atoms with van der Waals surface area (Å²) in [6, 6.07) is 5.58. The number of halogens is 1. The van der Waals surface area contributed by atoms with Gasteiger partial charge in [0, 0.05) is 6.42 Å². The van der Waals surface area contributed by atoms with Crippen LogP contribution in [-0.4, -0.2) is 24.3 Å². The summed E-state index contributed by atoms with van der Waals surface area (Å²) in [6.07, 6.45) is -1.06. The maximum atomic E-state index is 12.5. The Morgan fingerprint density at radius 3 is 2.57 bits per heavy atom. The molecule has 0 aliphatic carbocycles. The van der Waals surface area contributed by atoms with E-state index in [4.69, 9.17) is 0 Å². The van der Waals surface area contributed by atoms with Gasteiger partial charge in [0.1, 0.15) is 5.82 Å². The molecule has 1 aromatic carbocycles. The number of ether oxygens (including phenoxy) is 1. The molecule has 0 amide bonds. The SMILES string of the molecule is COC(=O)C(O)Cc1ccc(F)cc1. The van der Waals surface area contributed by atoms with Crippen molar-refractivity contribution in [1.82, 2.24) is 0 Å². The Labute approximate surface area is 81.1 Å². The van der Waals surface area contributed by atoms with Gasteiger partial charge in [-0.2, -0.15) is 0 Å². The van der Waals surface area contributed by atoms with Crippen molar-refractivity contribution in [3.63, 3.8) is 0 Å². The largest absolute Gasteiger partial charge is 0.467 e. The zero-order valence-corrected chi connectivity index (χ0v) is 7.74. The summed E-state index contributed by atoms with van der Waals surface area (Å²) >= 11 is 0. The third-order valence-electron chi connectivity index (χ3n) is 1.82. The minimum absolute atomic E-state index is 0.132. The molecule has 1 N–H and O–H groups in total. The first-order valence-corrected chi connectivity index (χ1v) is 4.14. The lowest BCUT2D eigenvalue weighted by atomic mass is 10.1. The molecule has 0 heterocycles. The Bertz CT molecular complexity index is 308. The highest BCUT2D eigenvalue weighted by molar-refractivity contribution is 5.74. The highest BCUT2D eigenvalue weighted by atomic mass is 19.1. The second-order valence-corrected chi connectivity index (χ2v) is 2.87. The Morgan fingerprint density at radius 2 is 2.07 bits per heavy atom. The van der Waals surface area contributed by atoms with E-state index in [0.717, 1.165) is 0 Å². The normalized spacial score (nSPS) is 12.2. The first-order chi connectivity index (χ1) is 6.63. The minimum atomic E-state index is -1.19. The highest BCUT2D eigenvalue weighted by Gasteiger charge is 2.15. The van der Waals surface area contributed by atoms with Gasteiger partial charge in [-0.1, -0.05) is 12.1 Å². The Morgan fingerprint density at radius 1 is 1.50 bits per heavy atom. The number of hydrogen-bond donors (Lipinski definition) is 1. The summed E-state index contributed by atoms with van der Waals surface area (Å²) in [5.41, 5.74) is 0.685. The van der Waals surface area contributed by atoms with Gasteiger partial charge in [-0.15, -0.1) is 0 Å². The summed E-state index contributed by atoms with van der Waals surface area (Å²) in [4.78, 5) is 10.8. The molecule has 1 unspecified atom stereocenters. The fourth-order valence-corrected chi connectivity index (χ4v) is 1.06. The van der Waals surface area contributed by atoms with E-state index in [9.17, 15) is 14.3 Å². The van der Waals surface area contributed by atoms with Gasteiger partial charge in [0.15, 0.2) is 6.10 Å². The molecule has 0 aliphatic rings. The molecule has 0 aliphatic heterocycles. The third-order valence-corrected chi connectivity index (χ3v) is 1.82. The molecule has 1 rings (SSSR count). The lowest BCUT2D eigenvalue weighted by molar-refractivity contribution is -0.150. The van der Waals surface area contributed by atoms with Crippen molar-refractivity contribution in [2.75, 3.05) is 7.11 Å². The van der Waals surface area contributed by atoms with Crippen molar-refractivity contribution in [1.29, 1.82) is 0 Å². The molecule has 1 aromatic rings. The van der Waals surface area contributed by atoms with Crippen LogP contribution in [0.5, 0.6) is 0 Å². The zero-order chi connectivity index (χ0) is 10.6. The van der Waals surface area contributed by atoms with E-state index in [1.165, 1.54) is 31.4 Å². The van der Waals surface area contributed by atoms with Crippen LogP contribution in [0.3, 0.4) is 0 Å². The number of rotatable bonds is 3. The second kappa shape index (κ2) is 4.72. The van der Waals surface area contributed by atoms with Crippen LogP contribution in [0.4, 0.5) is 4.39 Å². The molecule has 0 aromatic heterocycles. The fourth-order valence-electron chi connectivity index (χ4n) is 1.06. The standard InChI is InChI=1S/C10H11FO3/c1-14-10(13)9(12)6-7-2-4-8(11)5-3-7/h2-5,9,12H,6H2,1H3. The summed E-state index contributed by atoms with van der Waals surface area (Å²) in [5, 5.41) is 9.27. The van der Waals surface area contributed by atoms with Crippen molar-refractivity contribution < 1.29 is 19.0 Å². The molecule has 1 atom stereocenters. The zero-order valence-electron chi connectivity index (χ0n) is 7.74. The first kappa shape index (κ1) is 10.7. The van der Waals surface area contributed by atoms with Crippen LogP contribution < -0.4 is 0 Å². The third kappa shape index (κ3) is 2.81. The molecule has 0 saturated heterocycles. The predicted molar refractivity (Wildman–Crippen MR) is 48.1 cm³/mol. The number of aliphatic hydroxyl groups is 1. The smallest absolute Gasteiger partial charge is 0.335 e. The van der Waals surface area contributed by atoms with Crippen LogP contribution in [0.2, 0.25) is 0 Å². The molecule has 14 heavy (non-hydrogen) atoms. The van der Waals surface area contributed by atoms with E-state index in [2.05, 4.69) is 4.74 Å². The Kier molecular flexibility index (Phi) is 3.59. The van der Waals surface area contributed by atoms with E-state index >= 15 is 0 Å². The Hall–Kier alpha value is -1.42. The number of aliphatic hydroxyl groups excluding tert-OH is 1. The molecule has 3 nitrogen and oxygen atoms in total. The van der Waals surface area contributed by atoms with Gasteiger partial charge in [-0.3, -0.25) is 0 Å². The predicted octanol–water partition coefficient (Wildman–Crippen LogP) is 0.902. The van der Waals surface area contributed by atoms with Crippen LogP contribution in [0.15, 0.2) is 24.3 Å². The molecule has 0 spiro atoms. The van der Waals surface area contributed by atoms with Crippen LogP contribution in [0, 0.1) is 5.82 Å². The van der Waals surface area contributed by atoms with Gasteiger partial charge in [0.05, 0.1) is 7.11 Å². The maximum absolute atomic E-state index is 12.5. The number of esters is 1. The summed E-state index contributed by atoms with van der Waals surface area (Å²) in [5.74, 6) is -1.03. The lowest BCUT2D eigenvalue weighted by Gasteiger charge is -2.07. The van der Waals surface area contributed by atoms with E-state index < -0.39 is 12.1 Å². The number of hydrogen-bond acceptors (Lipinski definition) is 3. The minimum Gasteiger partial charge on any atom is -0.467 e. The molecule has 0 radical (unpaired) electrons. The van der Waals surface area contributed by atoms with Gasteiger partial charge in [0.2, 0.25) is 0 Å². The van der Waals surface area contributed by atoms with Crippen molar-refractivity contribution in [3.8, 4) is 0 Å². The van der Waals surface area contributed by atoms with Crippen molar-refractivity contribution in [2.24, 2.45) is 0 Å². The van der Waals surface area contributed by atoms with E-state index in [1.54, 1.807) is 0 Å². The number of benzene rings is 1. The molecular weight excluding hydrogens is 187 g/mol. The van der Waals surface area contributed by atoms with Gasteiger partial charge < -0.3 is 9.84 Å². The van der Waals surface area contributed by atoms with Crippen LogP contribution in [0.25, 0.3) is 0 Å². The summed E-state index contributed by atoms with van der Waals surface area (Å²) in [6.45, 7) is 0. The van der Waals surface area contributed by atoms with E-state index in [-0.39, 0.29) is 12.2 Å². The average Bonchev–Trinajstić information content (AvgIpc) is 2.20. The van der Waals surface area contributed by atoms with Crippen molar-refractivity contribution >= 4 is 5.97 Å². The van der Waals surface area contributed by atoms with Gasteiger partial charge in [0.25, 0.3) is 0 Å². The number of carbonyl (C=O) groups is 1. The van der Waals surface area contributed by atoms with Gasteiger partial charge >= 0.3 is 5.97 Å². The van der Waals surface area contributed by atoms with Crippen molar-refractivity contribution in [3.05, 3.63) is 35.6 Å². The highest BCUT2D eigenvalue weighted by Crippen LogP contribution is 2.06. The summed E-state index contributed by atoms with van der Waals surface area (Å²) < 4.78 is 16.8. The molecular formula is C10H11FO3. The van der Waals surface area contributed by atoms with Crippen molar-refractivity contribution in [2.45, 2.75) is 12.5 Å². The Balaban J connectivity index is 2.60. The fraction of sp³-hybridized carbons (Fsp3) is 0.300. The number of carbonyl (C=O) groups excluding carboxylic acids is 1. The lowest BCUT2D eigenvalue weighted by Crippen LogP contribution is -2.24. The molecule has 0 fully saturated rings. The second-order valence-electron chi connectivity index (χ2n) is 2.87. The van der Waals surface area contributed by atoms with E-state index in [0.29, 0.717) is 5.56 Å². The van der Waals surface area contributed by atoms with Crippen LogP contribution >= 0.6 is 0 Å². The molecule has 76 valence electrons. The maximum Gasteiger partial charge on any atom is 0.335 e.